The Kier molecular flexibility index (Phi) is 2.42. The summed E-state index contributed by atoms with van der Waals surface area (Å²) in [5.41, 5.74) is 2.16. The van der Waals surface area contributed by atoms with Gasteiger partial charge in [0.15, 0.2) is 5.65 Å². The lowest BCUT2D eigenvalue weighted by atomic mass is 10.2. The van der Waals surface area contributed by atoms with E-state index >= 15 is 0 Å². The highest BCUT2D eigenvalue weighted by molar-refractivity contribution is 6.33. The number of rotatable bonds is 1. The fraction of sp³-hybridized carbons (Fsp3) is 0. The fourth-order valence-electron chi connectivity index (χ4n) is 1.49. The van der Waals surface area contributed by atoms with Crippen LogP contribution >= 0.6 is 23.2 Å². The molecule has 0 unspecified atom stereocenters. The van der Waals surface area contributed by atoms with Gasteiger partial charge in [-0.2, -0.15) is 15.3 Å². The van der Waals surface area contributed by atoms with Gasteiger partial charge in [-0.05, 0) is 6.07 Å². The zero-order valence-corrected chi connectivity index (χ0v) is 9.89. The van der Waals surface area contributed by atoms with Crippen molar-refractivity contribution in [3.8, 4) is 11.3 Å². The molecule has 0 amide bonds. The Hall–Kier alpha value is -1.72. The van der Waals surface area contributed by atoms with Gasteiger partial charge in [-0.25, -0.2) is 9.50 Å². The third-order valence-electron chi connectivity index (χ3n) is 2.23. The summed E-state index contributed by atoms with van der Waals surface area (Å²) in [5.74, 6) is 0. The highest BCUT2D eigenvalue weighted by atomic mass is 35.5. The summed E-state index contributed by atoms with van der Waals surface area (Å²) in [5, 5.41) is 12.6. The van der Waals surface area contributed by atoms with Gasteiger partial charge in [0, 0.05) is 17.7 Å². The van der Waals surface area contributed by atoms with Crippen molar-refractivity contribution in [2.75, 3.05) is 0 Å². The molecule has 3 heterocycles. The largest absolute Gasteiger partial charge is 0.217 e. The van der Waals surface area contributed by atoms with Crippen molar-refractivity contribution in [1.29, 1.82) is 0 Å². The molecule has 3 aromatic heterocycles. The Bertz CT molecular complexity index is 680. The topological polar surface area (TPSA) is 56.0 Å². The molecule has 5 nitrogen and oxygen atoms in total. The lowest BCUT2D eigenvalue weighted by Gasteiger charge is -1.96. The molecule has 0 saturated heterocycles. The van der Waals surface area contributed by atoms with Gasteiger partial charge < -0.3 is 0 Å². The SMILES string of the molecule is Clc1cc(Cl)n2nc(-c3ccnnc3)cc2n1. The first-order chi connectivity index (χ1) is 8.24. The van der Waals surface area contributed by atoms with Crippen molar-refractivity contribution in [3.05, 3.63) is 40.9 Å². The van der Waals surface area contributed by atoms with Gasteiger partial charge in [0.25, 0.3) is 0 Å². The Morgan fingerprint density at radius 3 is 2.76 bits per heavy atom. The monoisotopic (exact) mass is 265 g/mol. The van der Waals surface area contributed by atoms with Crippen LogP contribution in [0.4, 0.5) is 0 Å². The number of fused-ring (bicyclic) bond motifs is 1. The second-order valence-electron chi connectivity index (χ2n) is 3.33. The summed E-state index contributed by atoms with van der Waals surface area (Å²) < 4.78 is 1.52. The van der Waals surface area contributed by atoms with Crippen molar-refractivity contribution in [2.24, 2.45) is 0 Å². The van der Waals surface area contributed by atoms with E-state index in [1.165, 1.54) is 10.6 Å². The van der Waals surface area contributed by atoms with Gasteiger partial charge in [0.05, 0.1) is 18.1 Å². The predicted octanol–water partition coefficient (Wildman–Crippen LogP) is 2.49. The number of aromatic nitrogens is 5. The Morgan fingerprint density at radius 1 is 1.12 bits per heavy atom. The van der Waals surface area contributed by atoms with E-state index < -0.39 is 0 Å². The van der Waals surface area contributed by atoms with Crippen LogP contribution in [0.1, 0.15) is 0 Å². The number of nitrogens with zero attached hydrogens (tertiary/aromatic N) is 5. The molecule has 0 aromatic carbocycles. The van der Waals surface area contributed by atoms with Crippen LogP contribution in [0.2, 0.25) is 10.3 Å². The molecule has 84 valence electrons. The number of halogens is 2. The maximum absolute atomic E-state index is 6.01. The van der Waals surface area contributed by atoms with E-state index in [4.69, 9.17) is 23.2 Å². The second kappa shape index (κ2) is 3.94. The summed E-state index contributed by atoms with van der Waals surface area (Å²) in [6.07, 6.45) is 3.22. The first kappa shape index (κ1) is 10.4. The molecule has 0 aliphatic carbocycles. The van der Waals surface area contributed by atoms with Gasteiger partial charge in [-0.1, -0.05) is 23.2 Å². The van der Waals surface area contributed by atoms with Crippen LogP contribution in [0.25, 0.3) is 16.9 Å². The molecule has 3 rings (SSSR count). The quantitative estimate of drug-likeness (QED) is 0.635. The highest BCUT2D eigenvalue weighted by Gasteiger charge is 2.09. The normalized spacial score (nSPS) is 10.9. The average molecular weight is 266 g/mol. The number of hydrogen-bond donors (Lipinski definition) is 0. The third-order valence-corrected chi connectivity index (χ3v) is 2.70. The fourth-order valence-corrected chi connectivity index (χ4v) is 1.97. The van der Waals surface area contributed by atoms with E-state index in [1.807, 2.05) is 6.07 Å². The van der Waals surface area contributed by atoms with Crippen LogP contribution in [0.3, 0.4) is 0 Å². The number of hydrogen-bond acceptors (Lipinski definition) is 4. The Balaban J connectivity index is 2.24. The van der Waals surface area contributed by atoms with E-state index in [1.54, 1.807) is 18.5 Å². The van der Waals surface area contributed by atoms with Crippen LogP contribution in [-0.2, 0) is 0 Å². The molecule has 0 spiro atoms. The van der Waals surface area contributed by atoms with E-state index in [0.29, 0.717) is 16.0 Å². The van der Waals surface area contributed by atoms with E-state index in [2.05, 4.69) is 20.3 Å². The molecular formula is C10H5Cl2N5. The van der Waals surface area contributed by atoms with Gasteiger partial charge in [-0.15, -0.1) is 0 Å². The van der Waals surface area contributed by atoms with Gasteiger partial charge in [0.2, 0.25) is 0 Å². The molecule has 17 heavy (non-hydrogen) atoms. The van der Waals surface area contributed by atoms with Crippen molar-refractivity contribution >= 4 is 28.8 Å². The van der Waals surface area contributed by atoms with Gasteiger partial charge >= 0.3 is 0 Å². The minimum Gasteiger partial charge on any atom is -0.217 e. The van der Waals surface area contributed by atoms with Crippen molar-refractivity contribution in [3.63, 3.8) is 0 Å². The van der Waals surface area contributed by atoms with Crippen LogP contribution in [0.5, 0.6) is 0 Å². The van der Waals surface area contributed by atoms with Crippen LogP contribution in [0, 0.1) is 0 Å². The standard InChI is InChI=1S/C10H5Cl2N5/c11-8-4-9(12)17-10(15-8)3-7(16-17)6-1-2-13-14-5-6/h1-5H. The summed E-state index contributed by atoms with van der Waals surface area (Å²) in [6.45, 7) is 0. The van der Waals surface area contributed by atoms with Gasteiger partial charge in [0.1, 0.15) is 10.3 Å². The molecule has 0 atom stereocenters. The summed E-state index contributed by atoms with van der Waals surface area (Å²) in [6, 6.07) is 5.14. The van der Waals surface area contributed by atoms with Gasteiger partial charge in [-0.3, -0.25) is 0 Å². The van der Waals surface area contributed by atoms with Crippen LogP contribution in [0.15, 0.2) is 30.6 Å². The van der Waals surface area contributed by atoms with Crippen molar-refractivity contribution < 1.29 is 0 Å². The molecule has 0 fully saturated rings. The first-order valence-electron chi connectivity index (χ1n) is 4.73. The molecule has 3 aromatic rings. The molecule has 0 N–H and O–H groups in total. The molecule has 0 bridgehead atoms. The molecule has 0 aliphatic rings. The lowest BCUT2D eigenvalue weighted by Crippen LogP contribution is -1.92. The highest BCUT2D eigenvalue weighted by Crippen LogP contribution is 2.22. The van der Waals surface area contributed by atoms with Crippen molar-refractivity contribution in [1.82, 2.24) is 24.8 Å². The maximum Gasteiger partial charge on any atom is 0.159 e. The predicted molar refractivity (Wildman–Crippen MR) is 64.0 cm³/mol. The smallest absolute Gasteiger partial charge is 0.159 e. The molecule has 0 aliphatic heterocycles. The minimum atomic E-state index is 0.335. The minimum absolute atomic E-state index is 0.335. The second-order valence-corrected chi connectivity index (χ2v) is 4.11. The molecule has 7 heteroatoms. The molecule has 0 radical (unpaired) electrons. The molecule has 0 saturated carbocycles. The Labute approximate surface area is 106 Å². The van der Waals surface area contributed by atoms with Crippen LogP contribution < -0.4 is 0 Å². The van der Waals surface area contributed by atoms with Crippen LogP contribution in [-0.4, -0.2) is 24.8 Å². The molecular weight excluding hydrogens is 261 g/mol. The van der Waals surface area contributed by atoms with E-state index in [9.17, 15) is 0 Å². The van der Waals surface area contributed by atoms with E-state index in [-0.39, 0.29) is 0 Å². The van der Waals surface area contributed by atoms with E-state index in [0.717, 1.165) is 11.3 Å². The lowest BCUT2D eigenvalue weighted by molar-refractivity contribution is 0.941. The zero-order valence-electron chi connectivity index (χ0n) is 8.38. The summed E-state index contributed by atoms with van der Waals surface area (Å²) in [4.78, 5) is 4.13. The average Bonchev–Trinajstić information content (AvgIpc) is 2.74. The first-order valence-corrected chi connectivity index (χ1v) is 5.48. The third kappa shape index (κ3) is 1.83. The maximum atomic E-state index is 6.01. The van der Waals surface area contributed by atoms with Crippen molar-refractivity contribution in [2.45, 2.75) is 0 Å². The summed E-state index contributed by atoms with van der Waals surface area (Å²) >= 11 is 11.8. The Morgan fingerprint density at radius 2 is 2.00 bits per heavy atom. The zero-order chi connectivity index (χ0) is 11.8. The summed E-state index contributed by atoms with van der Waals surface area (Å²) in [7, 11) is 0.